The first-order chi connectivity index (χ1) is 12.0. The fraction of sp³-hybridized carbons (Fsp3) is 0.211. The maximum absolute atomic E-state index is 12.3. The number of carbonyl (C=O) groups excluding carboxylic acids is 3. The topological polar surface area (TPSA) is 84.5 Å². The number of ketones is 1. The van der Waals surface area contributed by atoms with E-state index in [0.717, 1.165) is 0 Å². The van der Waals surface area contributed by atoms with Crippen molar-refractivity contribution < 1.29 is 19.1 Å². The fourth-order valence-corrected chi connectivity index (χ4v) is 2.60. The average Bonchev–Trinajstić information content (AvgIpc) is 2.74. The van der Waals surface area contributed by atoms with E-state index in [2.05, 4.69) is 10.6 Å². The lowest BCUT2D eigenvalue weighted by atomic mass is 10.0. The monoisotopic (exact) mass is 338 g/mol. The molecule has 0 radical (unpaired) electrons. The molecule has 1 heterocycles. The van der Waals surface area contributed by atoms with Crippen LogP contribution >= 0.6 is 0 Å². The summed E-state index contributed by atoms with van der Waals surface area (Å²) >= 11 is 0. The van der Waals surface area contributed by atoms with E-state index in [1.807, 2.05) is 6.07 Å². The fourth-order valence-electron chi connectivity index (χ4n) is 2.60. The van der Waals surface area contributed by atoms with Crippen LogP contribution in [0.25, 0.3) is 0 Å². The van der Waals surface area contributed by atoms with Crippen molar-refractivity contribution in [3.63, 3.8) is 0 Å². The molecule has 2 aromatic carbocycles. The first kappa shape index (κ1) is 16.7. The maximum atomic E-state index is 12.3. The molecule has 0 saturated carbocycles. The van der Waals surface area contributed by atoms with Crippen LogP contribution in [0.5, 0.6) is 5.75 Å². The van der Waals surface area contributed by atoms with Crippen molar-refractivity contribution in [2.75, 3.05) is 17.2 Å². The van der Waals surface area contributed by atoms with Gasteiger partial charge in [-0.05, 0) is 31.2 Å². The van der Waals surface area contributed by atoms with Gasteiger partial charge in [-0.15, -0.1) is 0 Å². The number of anilines is 2. The molecule has 2 N–H and O–H groups in total. The van der Waals surface area contributed by atoms with Gasteiger partial charge in [-0.1, -0.05) is 24.3 Å². The van der Waals surface area contributed by atoms with Gasteiger partial charge in [0.25, 0.3) is 0 Å². The van der Waals surface area contributed by atoms with Crippen LogP contribution in [0.1, 0.15) is 23.7 Å². The van der Waals surface area contributed by atoms with Crippen LogP contribution in [-0.2, 0) is 9.59 Å². The standard InChI is InChI=1S/C19H18N2O4/c1-12(22)13-5-4-6-15(9-13)20-18(23)10-14-11-25-17-8-3-2-7-16(17)21-19(14)24/h2-9,14H,10-11H2,1H3,(H,20,23)(H,21,24)/t14-/m0/s1. The zero-order valence-corrected chi connectivity index (χ0v) is 13.7. The minimum Gasteiger partial charge on any atom is -0.491 e. The second-order valence-corrected chi connectivity index (χ2v) is 5.88. The summed E-state index contributed by atoms with van der Waals surface area (Å²) in [4.78, 5) is 36.0. The van der Waals surface area contributed by atoms with E-state index >= 15 is 0 Å². The van der Waals surface area contributed by atoms with Crippen LogP contribution in [0.2, 0.25) is 0 Å². The van der Waals surface area contributed by atoms with E-state index in [1.54, 1.807) is 42.5 Å². The van der Waals surface area contributed by atoms with Gasteiger partial charge in [0.05, 0.1) is 11.6 Å². The zero-order valence-electron chi connectivity index (χ0n) is 13.7. The van der Waals surface area contributed by atoms with Crippen molar-refractivity contribution in [3.05, 3.63) is 54.1 Å². The van der Waals surface area contributed by atoms with Crippen LogP contribution in [-0.4, -0.2) is 24.2 Å². The van der Waals surface area contributed by atoms with Gasteiger partial charge in [-0.25, -0.2) is 0 Å². The molecule has 6 nitrogen and oxygen atoms in total. The van der Waals surface area contributed by atoms with Crippen LogP contribution in [0.15, 0.2) is 48.5 Å². The number of para-hydroxylation sites is 2. The van der Waals surface area contributed by atoms with E-state index in [0.29, 0.717) is 22.7 Å². The molecule has 6 heteroatoms. The highest BCUT2D eigenvalue weighted by atomic mass is 16.5. The molecular weight excluding hydrogens is 320 g/mol. The maximum Gasteiger partial charge on any atom is 0.231 e. The molecule has 0 spiro atoms. The quantitative estimate of drug-likeness (QED) is 0.840. The van der Waals surface area contributed by atoms with Crippen molar-refractivity contribution in [3.8, 4) is 5.75 Å². The second kappa shape index (κ2) is 7.17. The summed E-state index contributed by atoms with van der Waals surface area (Å²) in [5, 5.41) is 5.50. The molecule has 0 fully saturated rings. The number of fused-ring (bicyclic) bond motifs is 1. The number of Topliss-reactive ketones (excluding diaryl/α,β-unsaturated/α-hetero) is 1. The summed E-state index contributed by atoms with van der Waals surface area (Å²) < 4.78 is 5.63. The predicted octanol–water partition coefficient (Wildman–Crippen LogP) is 2.87. The lowest BCUT2D eigenvalue weighted by Crippen LogP contribution is -2.29. The summed E-state index contributed by atoms with van der Waals surface area (Å²) in [6, 6.07) is 13.8. The van der Waals surface area contributed by atoms with E-state index < -0.39 is 5.92 Å². The van der Waals surface area contributed by atoms with E-state index in [1.165, 1.54) is 6.92 Å². The van der Waals surface area contributed by atoms with E-state index in [9.17, 15) is 14.4 Å². The molecule has 25 heavy (non-hydrogen) atoms. The third-order valence-corrected chi connectivity index (χ3v) is 3.94. The molecule has 128 valence electrons. The van der Waals surface area contributed by atoms with Crippen molar-refractivity contribution in [2.45, 2.75) is 13.3 Å². The molecule has 0 saturated heterocycles. The smallest absolute Gasteiger partial charge is 0.231 e. The number of ether oxygens (including phenoxy) is 1. The van der Waals surface area contributed by atoms with E-state index in [4.69, 9.17) is 4.74 Å². The largest absolute Gasteiger partial charge is 0.491 e. The third-order valence-electron chi connectivity index (χ3n) is 3.94. The Morgan fingerprint density at radius 3 is 2.80 bits per heavy atom. The van der Waals surface area contributed by atoms with Gasteiger partial charge in [0, 0.05) is 17.7 Å². The minimum atomic E-state index is -0.594. The molecule has 1 aliphatic rings. The zero-order chi connectivity index (χ0) is 17.8. The Morgan fingerprint density at radius 1 is 1.20 bits per heavy atom. The Bertz CT molecular complexity index is 832. The molecule has 2 aromatic rings. The van der Waals surface area contributed by atoms with Crippen LogP contribution in [0.4, 0.5) is 11.4 Å². The SMILES string of the molecule is CC(=O)c1cccc(NC(=O)C[C@H]2COc3ccccc3NC2=O)c1. The molecular formula is C19H18N2O4. The van der Waals surface area contributed by atoms with Crippen molar-refractivity contribution in [2.24, 2.45) is 5.92 Å². The number of hydrogen-bond acceptors (Lipinski definition) is 4. The number of nitrogens with one attached hydrogen (secondary N) is 2. The summed E-state index contributed by atoms with van der Waals surface area (Å²) in [6.45, 7) is 1.59. The Kier molecular flexibility index (Phi) is 4.79. The van der Waals surface area contributed by atoms with Gasteiger partial charge in [-0.3, -0.25) is 14.4 Å². The van der Waals surface area contributed by atoms with Gasteiger partial charge in [0.1, 0.15) is 12.4 Å². The minimum absolute atomic E-state index is 0.00980. The van der Waals surface area contributed by atoms with E-state index in [-0.39, 0.29) is 30.6 Å². The summed E-state index contributed by atoms with van der Waals surface area (Å²) in [5.74, 6) is -0.644. The van der Waals surface area contributed by atoms with Gasteiger partial charge in [0.15, 0.2) is 5.78 Å². The number of benzene rings is 2. The number of hydrogen-bond donors (Lipinski definition) is 2. The Labute approximate surface area is 145 Å². The molecule has 3 rings (SSSR count). The van der Waals surface area contributed by atoms with Gasteiger partial charge in [0.2, 0.25) is 11.8 Å². The molecule has 1 aliphatic heterocycles. The highest BCUT2D eigenvalue weighted by Crippen LogP contribution is 2.28. The molecule has 0 bridgehead atoms. The summed E-state index contributed by atoms with van der Waals surface area (Å²) in [7, 11) is 0. The third kappa shape index (κ3) is 4.03. The van der Waals surface area contributed by atoms with Gasteiger partial charge >= 0.3 is 0 Å². The highest BCUT2D eigenvalue weighted by molar-refractivity contribution is 6.00. The van der Waals surface area contributed by atoms with Gasteiger partial charge < -0.3 is 15.4 Å². The molecule has 2 amide bonds. The van der Waals surface area contributed by atoms with Crippen LogP contribution < -0.4 is 15.4 Å². The first-order valence-electron chi connectivity index (χ1n) is 7.96. The molecule has 0 unspecified atom stereocenters. The number of amides is 2. The Morgan fingerprint density at radius 2 is 2.00 bits per heavy atom. The summed E-state index contributed by atoms with van der Waals surface area (Å²) in [5.41, 5.74) is 1.64. The predicted molar refractivity (Wildman–Crippen MR) is 93.7 cm³/mol. The molecule has 0 aliphatic carbocycles. The van der Waals surface area contributed by atoms with Crippen molar-refractivity contribution in [1.29, 1.82) is 0 Å². The Hall–Kier alpha value is -3.15. The van der Waals surface area contributed by atoms with Crippen LogP contribution in [0, 0.1) is 5.92 Å². The average molecular weight is 338 g/mol. The Balaban J connectivity index is 1.64. The molecule has 1 atom stereocenters. The summed E-state index contributed by atoms with van der Waals surface area (Å²) in [6.07, 6.45) is -0.00980. The number of carbonyl (C=O) groups is 3. The second-order valence-electron chi connectivity index (χ2n) is 5.88. The van der Waals surface area contributed by atoms with Crippen LogP contribution in [0.3, 0.4) is 0 Å². The number of rotatable bonds is 4. The van der Waals surface area contributed by atoms with Crippen molar-refractivity contribution >= 4 is 29.0 Å². The normalized spacial score (nSPS) is 16.0. The first-order valence-corrected chi connectivity index (χ1v) is 7.96. The van der Waals surface area contributed by atoms with Gasteiger partial charge in [-0.2, -0.15) is 0 Å². The lowest BCUT2D eigenvalue weighted by molar-refractivity contribution is -0.125. The van der Waals surface area contributed by atoms with Crippen molar-refractivity contribution in [1.82, 2.24) is 0 Å². The lowest BCUT2D eigenvalue weighted by Gasteiger charge is -2.13. The highest BCUT2D eigenvalue weighted by Gasteiger charge is 2.27. The molecule has 0 aromatic heterocycles.